The molecule has 0 spiro atoms. The lowest BCUT2D eigenvalue weighted by molar-refractivity contribution is -0.146. The van der Waals surface area contributed by atoms with Gasteiger partial charge >= 0.3 is 5.97 Å². The number of amides is 11. The van der Waals surface area contributed by atoms with E-state index in [1.54, 1.807) is 6.26 Å². The smallest absolute Gasteiger partial charge is 0.326 e. The van der Waals surface area contributed by atoms with Crippen molar-refractivity contribution < 1.29 is 72.9 Å². The van der Waals surface area contributed by atoms with E-state index >= 15 is 0 Å². The van der Waals surface area contributed by atoms with E-state index in [-0.39, 0.29) is 89.5 Å². The maximum atomic E-state index is 14.0. The SMILES string of the molecule is CSCC[C@H](NC(=O)CNC(=O)[C@@H]1C[C@@H](O)CN1C(=O)[C@@H]1CCCN1C(=O)CNC(=O)[C@H](C)NC(=O)[C@H](CC(C)C)NC(=O)CN)C(=O)N1C[C@H](O)C[C@H]1C(=O)NCC(=O)N[C@@H](C)C(=O)N[C@@H](CCCNC(=N)N)C(=O)O. The van der Waals surface area contributed by atoms with E-state index in [0.29, 0.717) is 12.2 Å². The first kappa shape index (κ1) is 64.4. The lowest BCUT2D eigenvalue weighted by Crippen LogP contribution is -2.57. The Hall–Kier alpha value is -6.86. The van der Waals surface area contributed by atoms with Crippen molar-refractivity contribution in [2.24, 2.45) is 17.4 Å². The molecular formula is C46H77N15O15S. The Bertz CT molecular complexity index is 2170. The lowest BCUT2D eigenvalue weighted by Gasteiger charge is -2.31. The number of aliphatic hydroxyl groups excluding tert-OH is 2. The fourth-order valence-corrected chi connectivity index (χ4v) is 9.30. The van der Waals surface area contributed by atoms with Gasteiger partial charge < -0.3 is 89.3 Å². The molecule has 3 saturated heterocycles. The minimum absolute atomic E-state index is 0.0111. The predicted octanol–water partition coefficient (Wildman–Crippen LogP) is -7.18. The number of hydrogen-bond donors (Lipinski definition) is 15. The van der Waals surface area contributed by atoms with Crippen molar-refractivity contribution in [3.05, 3.63) is 0 Å². The number of likely N-dealkylation sites (tertiary alicyclic amines) is 3. The van der Waals surface area contributed by atoms with Crippen molar-refractivity contribution in [1.29, 1.82) is 5.41 Å². The van der Waals surface area contributed by atoms with Gasteiger partial charge in [0.25, 0.3) is 0 Å². The van der Waals surface area contributed by atoms with Crippen LogP contribution < -0.4 is 59.3 Å². The quantitative estimate of drug-likeness (QED) is 0.0188. The molecule has 0 radical (unpaired) electrons. The second kappa shape index (κ2) is 31.4. The zero-order valence-electron chi connectivity index (χ0n) is 44.0. The molecule has 31 heteroatoms. The third-order valence-corrected chi connectivity index (χ3v) is 13.4. The number of carboxylic acids is 1. The molecule has 0 aromatic heterocycles. The van der Waals surface area contributed by atoms with E-state index in [2.05, 4.69) is 47.9 Å². The predicted molar refractivity (Wildman–Crippen MR) is 275 cm³/mol. The average Bonchev–Trinajstić information content (AvgIpc) is 4.14. The maximum Gasteiger partial charge on any atom is 0.326 e. The highest BCUT2D eigenvalue weighted by Gasteiger charge is 2.45. The van der Waals surface area contributed by atoms with Crippen molar-refractivity contribution in [3.63, 3.8) is 0 Å². The molecule has 0 aliphatic carbocycles. The monoisotopic (exact) mass is 1110 g/mol. The van der Waals surface area contributed by atoms with Crippen LogP contribution in [0.5, 0.6) is 0 Å². The van der Waals surface area contributed by atoms with Gasteiger partial charge in [0, 0.05) is 39.0 Å². The summed E-state index contributed by atoms with van der Waals surface area (Å²) in [7, 11) is 0. The van der Waals surface area contributed by atoms with Gasteiger partial charge in [-0.1, -0.05) is 13.8 Å². The Kier molecular flexibility index (Phi) is 26.3. The maximum absolute atomic E-state index is 14.0. The first-order chi connectivity index (χ1) is 36.3. The van der Waals surface area contributed by atoms with Crippen LogP contribution in [0.1, 0.15) is 79.1 Å². The van der Waals surface area contributed by atoms with E-state index in [9.17, 15) is 72.9 Å². The summed E-state index contributed by atoms with van der Waals surface area (Å²) in [5, 5.41) is 59.9. The van der Waals surface area contributed by atoms with E-state index in [1.807, 2.05) is 13.8 Å². The Morgan fingerprint density at radius 2 is 1.22 bits per heavy atom. The van der Waals surface area contributed by atoms with Gasteiger partial charge in [-0.2, -0.15) is 11.8 Å². The normalized spacial score (nSPS) is 20.8. The highest BCUT2D eigenvalue weighted by Crippen LogP contribution is 2.26. The Morgan fingerprint density at radius 1 is 0.649 bits per heavy atom. The number of rotatable bonds is 29. The number of aliphatic hydroxyl groups is 2. The molecule has 3 fully saturated rings. The Labute approximate surface area is 449 Å². The number of carboxylic acid groups (broad SMARTS) is 1. The summed E-state index contributed by atoms with van der Waals surface area (Å²) in [5.41, 5.74) is 10.6. The summed E-state index contributed by atoms with van der Waals surface area (Å²) >= 11 is 1.35. The number of carbonyl (C=O) groups is 12. The van der Waals surface area contributed by atoms with Gasteiger partial charge in [0.05, 0.1) is 38.4 Å². The summed E-state index contributed by atoms with van der Waals surface area (Å²) in [4.78, 5) is 160. The molecule has 0 aromatic rings. The first-order valence-corrected chi connectivity index (χ1v) is 26.8. The van der Waals surface area contributed by atoms with Gasteiger partial charge in [0.2, 0.25) is 65.0 Å². The molecule has 11 amide bonds. The third-order valence-electron chi connectivity index (χ3n) is 12.8. The van der Waals surface area contributed by atoms with E-state index < -0.39 is 151 Å². The number of β-amino-alcohol motifs (C(OH)–C–C–N with tert-alkyl or cyclic N) is 2. The van der Waals surface area contributed by atoms with E-state index in [1.165, 1.54) is 30.5 Å². The molecule has 3 aliphatic heterocycles. The molecule has 3 aliphatic rings. The topological polar surface area (TPSA) is 459 Å². The highest BCUT2D eigenvalue weighted by molar-refractivity contribution is 7.98. The molecule has 3 rings (SSSR count). The molecule has 0 bridgehead atoms. The molecule has 0 saturated carbocycles. The fourth-order valence-electron chi connectivity index (χ4n) is 8.83. The fraction of sp³-hybridized carbons (Fsp3) is 0.717. The van der Waals surface area contributed by atoms with Gasteiger partial charge in [0.1, 0.15) is 48.3 Å². The van der Waals surface area contributed by atoms with Crippen LogP contribution in [0.3, 0.4) is 0 Å². The number of aliphatic carboxylic acids is 1. The number of nitrogens with zero attached hydrogens (tertiary/aromatic N) is 3. The van der Waals surface area contributed by atoms with Crippen LogP contribution in [0.2, 0.25) is 0 Å². The largest absolute Gasteiger partial charge is 0.480 e. The first-order valence-electron chi connectivity index (χ1n) is 25.4. The van der Waals surface area contributed by atoms with Crippen molar-refractivity contribution in [2.75, 3.05) is 64.4 Å². The summed E-state index contributed by atoms with van der Waals surface area (Å²) in [6.07, 6.45) is 0.220. The summed E-state index contributed by atoms with van der Waals surface area (Å²) in [5.74, 6) is -9.32. The number of hydrogen-bond acceptors (Lipinski definition) is 17. The minimum Gasteiger partial charge on any atom is -0.480 e. The summed E-state index contributed by atoms with van der Waals surface area (Å²) < 4.78 is 0. The minimum atomic E-state index is -1.33. The van der Waals surface area contributed by atoms with Gasteiger partial charge in [-0.05, 0) is 70.3 Å². The number of nitrogens with two attached hydrogens (primary N) is 2. The van der Waals surface area contributed by atoms with Gasteiger partial charge in [-0.15, -0.1) is 0 Å². The van der Waals surface area contributed by atoms with E-state index in [0.717, 1.165) is 9.80 Å². The van der Waals surface area contributed by atoms with Gasteiger partial charge in [-0.25, -0.2) is 4.79 Å². The Morgan fingerprint density at radius 3 is 1.79 bits per heavy atom. The molecule has 30 nitrogen and oxygen atoms in total. The number of guanidine groups is 1. The summed E-state index contributed by atoms with van der Waals surface area (Å²) in [6, 6.07) is -9.46. The zero-order chi connectivity index (χ0) is 57.7. The van der Waals surface area contributed by atoms with Crippen molar-refractivity contribution in [2.45, 2.75) is 140 Å². The second-order valence-electron chi connectivity index (χ2n) is 19.4. The van der Waals surface area contributed by atoms with Gasteiger partial charge in [-0.3, -0.25) is 58.1 Å². The molecular weight excluding hydrogens is 1030 g/mol. The highest BCUT2D eigenvalue weighted by atomic mass is 32.2. The number of carbonyl (C=O) groups excluding carboxylic acids is 11. The molecule has 3 heterocycles. The standard InChI is InChI=1S/C46H77N15O15S/c1-23(2)14-30(57-34(64)17-47)40(70)55-24(3)38(68)53-20-37(67)59-12-7-9-31(59)44(74)61-22-27(63)16-33(61)42(72)52-19-36(66)56-28(10-13-77-5)43(73)60-21-26(62)15-32(60)41(71)51-18-35(65)54-25(4)39(69)58-29(45(75)76)8-6-11-50-46(48)49/h23-33,62-63H,6-22,47H2,1-5H3,(H,51,71)(H,52,72)(H,53,68)(H,54,65)(H,55,70)(H,56,66)(H,57,64)(H,58,69)(H,75,76)(H4,48,49,50)/t24-,25-,26+,27+,28-,29-,30-,31-,32-,33-/m0/s1. The molecule has 432 valence electrons. The average molecular weight is 1110 g/mol. The molecule has 0 unspecified atom stereocenters. The Balaban J connectivity index is 1.56. The van der Waals surface area contributed by atoms with Crippen LogP contribution in [0.15, 0.2) is 0 Å². The van der Waals surface area contributed by atoms with Crippen molar-refractivity contribution in [1.82, 2.24) is 62.6 Å². The van der Waals surface area contributed by atoms with Crippen LogP contribution in [0, 0.1) is 11.3 Å². The van der Waals surface area contributed by atoms with Crippen molar-refractivity contribution in [3.8, 4) is 0 Å². The van der Waals surface area contributed by atoms with E-state index in [4.69, 9.17) is 16.9 Å². The lowest BCUT2D eigenvalue weighted by atomic mass is 10.0. The molecule has 77 heavy (non-hydrogen) atoms. The van der Waals surface area contributed by atoms with Crippen LogP contribution in [0.4, 0.5) is 0 Å². The molecule has 0 aromatic carbocycles. The summed E-state index contributed by atoms with van der Waals surface area (Å²) in [6.45, 7) is 3.91. The molecule has 10 atom stereocenters. The van der Waals surface area contributed by atoms with Crippen LogP contribution in [0.25, 0.3) is 0 Å². The second-order valence-corrected chi connectivity index (χ2v) is 20.4. The van der Waals surface area contributed by atoms with Gasteiger partial charge in [0.15, 0.2) is 5.96 Å². The van der Waals surface area contributed by atoms with Crippen molar-refractivity contribution >= 4 is 88.7 Å². The number of thioether (sulfide) groups is 1. The van der Waals surface area contributed by atoms with Crippen LogP contribution in [-0.2, 0) is 57.5 Å². The van der Waals surface area contributed by atoms with Crippen LogP contribution >= 0.6 is 11.8 Å². The van der Waals surface area contributed by atoms with Crippen LogP contribution in [-0.4, -0.2) is 232 Å². The molecule has 17 N–H and O–H groups in total. The third kappa shape index (κ3) is 20.6. The number of nitrogens with one attached hydrogen (secondary N) is 10. The zero-order valence-corrected chi connectivity index (χ0v) is 44.8.